The highest BCUT2D eigenvalue weighted by molar-refractivity contribution is 5.21. The van der Waals surface area contributed by atoms with Crippen LogP contribution in [0.2, 0.25) is 0 Å². The second-order valence-electron chi connectivity index (χ2n) is 4.20. The Morgan fingerprint density at radius 3 is 3.08 bits per heavy atom. The number of allylic oxidation sites excluding steroid dienone is 4. The van der Waals surface area contributed by atoms with E-state index in [9.17, 15) is 0 Å². The van der Waals surface area contributed by atoms with E-state index >= 15 is 0 Å². The molecular weight excluding hydrogens is 144 g/mol. The largest absolute Gasteiger partial charge is 0.0845 e. The number of fused-ring (bicyclic) bond motifs is 1. The van der Waals surface area contributed by atoms with Gasteiger partial charge in [0.2, 0.25) is 0 Å². The van der Waals surface area contributed by atoms with E-state index < -0.39 is 0 Å². The summed E-state index contributed by atoms with van der Waals surface area (Å²) >= 11 is 0. The Bertz CT molecular complexity index is 210. The van der Waals surface area contributed by atoms with Crippen LogP contribution in [0, 0.1) is 11.8 Å². The van der Waals surface area contributed by atoms with E-state index in [1.807, 2.05) is 0 Å². The van der Waals surface area contributed by atoms with Gasteiger partial charge < -0.3 is 0 Å². The summed E-state index contributed by atoms with van der Waals surface area (Å²) in [7, 11) is 0. The lowest BCUT2D eigenvalue weighted by molar-refractivity contribution is 0.547. The van der Waals surface area contributed by atoms with Gasteiger partial charge in [0, 0.05) is 0 Å². The molecule has 66 valence electrons. The normalized spacial score (nSPS) is 37.9. The zero-order valence-corrected chi connectivity index (χ0v) is 7.92. The fourth-order valence-corrected chi connectivity index (χ4v) is 2.56. The summed E-state index contributed by atoms with van der Waals surface area (Å²) in [6, 6.07) is 0. The third-order valence-corrected chi connectivity index (χ3v) is 3.34. The van der Waals surface area contributed by atoms with Crippen molar-refractivity contribution in [2.45, 2.75) is 39.0 Å². The van der Waals surface area contributed by atoms with E-state index in [1.54, 1.807) is 5.57 Å². The van der Waals surface area contributed by atoms with Crippen molar-refractivity contribution in [1.82, 2.24) is 0 Å². The molecule has 0 heteroatoms. The maximum Gasteiger partial charge on any atom is -0.0197 e. The summed E-state index contributed by atoms with van der Waals surface area (Å²) in [6.07, 6.45) is 13.9. The van der Waals surface area contributed by atoms with E-state index in [4.69, 9.17) is 0 Å². The average molecular weight is 162 g/mol. The van der Waals surface area contributed by atoms with Crippen molar-refractivity contribution in [3.63, 3.8) is 0 Å². The van der Waals surface area contributed by atoms with Gasteiger partial charge in [-0.2, -0.15) is 0 Å². The lowest BCUT2D eigenvalue weighted by atomic mass is 9.91. The first-order valence-electron chi connectivity index (χ1n) is 5.24. The maximum absolute atomic E-state index is 2.38. The summed E-state index contributed by atoms with van der Waals surface area (Å²) in [4.78, 5) is 0. The van der Waals surface area contributed by atoms with Crippen LogP contribution in [0.3, 0.4) is 0 Å². The molecule has 0 heterocycles. The van der Waals surface area contributed by atoms with Gasteiger partial charge in [0.05, 0.1) is 0 Å². The molecule has 2 aliphatic rings. The molecule has 0 aromatic heterocycles. The fraction of sp³-hybridized carbons (Fsp3) is 0.667. The molecule has 0 nitrogen and oxygen atoms in total. The molecule has 1 fully saturated rings. The Morgan fingerprint density at radius 2 is 2.17 bits per heavy atom. The molecule has 0 saturated heterocycles. The summed E-state index contributed by atoms with van der Waals surface area (Å²) in [5, 5.41) is 0. The molecule has 0 aromatic rings. The molecule has 2 aliphatic carbocycles. The van der Waals surface area contributed by atoms with Crippen molar-refractivity contribution in [3.8, 4) is 0 Å². The van der Waals surface area contributed by atoms with E-state index in [1.165, 1.54) is 32.1 Å². The predicted molar refractivity (Wildman–Crippen MR) is 53.0 cm³/mol. The molecule has 1 saturated carbocycles. The zero-order valence-electron chi connectivity index (χ0n) is 7.92. The molecule has 0 bridgehead atoms. The highest BCUT2D eigenvalue weighted by atomic mass is 14.3. The van der Waals surface area contributed by atoms with Gasteiger partial charge >= 0.3 is 0 Å². The highest BCUT2D eigenvalue weighted by Gasteiger charge is 2.26. The lowest BCUT2D eigenvalue weighted by Crippen LogP contribution is -2.01. The van der Waals surface area contributed by atoms with Crippen LogP contribution in [-0.4, -0.2) is 0 Å². The lowest BCUT2D eigenvalue weighted by Gasteiger charge is -2.14. The van der Waals surface area contributed by atoms with Crippen molar-refractivity contribution in [2.24, 2.45) is 11.8 Å². The van der Waals surface area contributed by atoms with E-state index in [0.717, 1.165) is 11.8 Å². The van der Waals surface area contributed by atoms with E-state index in [0.29, 0.717) is 0 Å². The van der Waals surface area contributed by atoms with Gasteiger partial charge in [-0.3, -0.25) is 0 Å². The Hall–Kier alpha value is -0.520. The van der Waals surface area contributed by atoms with Gasteiger partial charge in [-0.1, -0.05) is 30.7 Å². The van der Waals surface area contributed by atoms with Crippen LogP contribution in [0.25, 0.3) is 0 Å². The average Bonchev–Trinajstić information content (AvgIpc) is 2.31. The molecule has 0 radical (unpaired) electrons. The number of rotatable bonds is 0. The van der Waals surface area contributed by atoms with Crippen LogP contribution in [0.5, 0.6) is 0 Å². The zero-order chi connectivity index (χ0) is 8.39. The Balaban J connectivity index is 2.19. The van der Waals surface area contributed by atoms with Gasteiger partial charge in [0.15, 0.2) is 0 Å². The Kier molecular flexibility index (Phi) is 2.34. The van der Waals surface area contributed by atoms with Gasteiger partial charge in [0.1, 0.15) is 0 Å². The van der Waals surface area contributed by atoms with Crippen LogP contribution < -0.4 is 0 Å². The van der Waals surface area contributed by atoms with Gasteiger partial charge in [-0.25, -0.2) is 0 Å². The minimum absolute atomic E-state index is 0.859. The van der Waals surface area contributed by atoms with Crippen LogP contribution in [0.1, 0.15) is 39.0 Å². The molecule has 0 N–H and O–H groups in total. The third kappa shape index (κ3) is 1.48. The maximum atomic E-state index is 2.38. The number of hydrogen-bond donors (Lipinski definition) is 0. The third-order valence-electron chi connectivity index (χ3n) is 3.34. The first-order valence-corrected chi connectivity index (χ1v) is 5.24. The molecule has 12 heavy (non-hydrogen) atoms. The SMILES string of the molecule is CC1CCC2CCC/C=C\C=C12. The van der Waals surface area contributed by atoms with Crippen LogP contribution >= 0.6 is 0 Å². The molecular formula is C12H18. The molecule has 2 rings (SSSR count). The van der Waals surface area contributed by atoms with Crippen molar-refractivity contribution in [2.75, 3.05) is 0 Å². The monoisotopic (exact) mass is 162 g/mol. The van der Waals surface area contributed by atoms with Crippen molar-refractivity contribution in [3.05, 3.63) is 23.8 Å². The van der Waals surface area contributed by atoms with Gasteiger partial charge in [-0.15, -0.1) is 0 Å². The molecule has 2 unspecified atom stereocenters. The molecule has 0 aromatic carbocycles. The van der Waals surface area contributed by atoms with Crippen LogP contribution in [-0.2, 0) is 0 Å². The summed E-state index contributed by atoms with van der Waals surface area (Å²) in [5.74, 6) is 1.79. The van der Waals surface area contributed by atoms with Crippen molar-refractivity contribution < 1.29 is 0 Å². The first kappa shape index (κ1) is 8.10. The van der Waals surface area contributed by atoms with Gasteiger partial charge in [-0.05, 0) is 43.9 Å². The minimum atomic E-state index is 0.859. The molecule has 0 aliphatic heterocycles. The van der Waals surface area contributed by atoms with E-state index in [2.05, 4.69) is 25.2 Å². The Labute approximate surface area is 75.4 Å². The molecule has 2 atom stereocenters. The minimum Gasteiger partial charge on any atom is -0.0845 e. The topological polar surface area (TPSA) is 0 Å². The van der Waals surface area contributed by atoms with E-state index in [-0.39, 0.29) is 0 Å². The van der Waals surface area contributed by atoms with Gasteiger partial charge in [0.25, 0.3) is 0 Å². The second kappa shape index (κ2) is 3.47. The van der Waals surface area contributed by atoms with Crippen LogP contribution in [0.4, 0.5) is 0 Å². The van der Waals surface area contributed by atoms with Crippen molar-refractivity contribution >= 4 is 0 Å². The molecule has 0 amide bonds. The second-order valence-corrected chi connectivity index (χ2v) is 4.20. The van der Waals surface area contributed by atoms with Crippen LogP contribution in [0.15, 0.2) is 23.8 Å². The molecule has 0 spiro atoms. The summed E-state index contributed by atoms with van der Waals surface area (Å²) in [5.41, 5.74) is 1.73. The Morgan fingerprint density at radius 1 is 1.25 bits per heavy atom. The highest BCUT2D eigenvalue weighted by Crippen LogP contribution is 2.39. The predicted octanol–water partition coefficient (Wildman–Crippen LogP) is 3.70. The standard InChI is InChI=1S/C12H18/c1-10-8-9-11-6-4-2-3-5-7-12(10)11/h3,5,7,10-11H,2,4,6,8-9H2,1H3/b5-3-,12-7?. The quantitative estimate of drug-likeness (QED) is 0.509. The van der Waals surface area contributed by atoms with Crippen molar-refractivity contribution in [1.29, 1.82) is 0 Å². The first-order chi connectivity index (χ1) is 5.88. The fourth-order valence-electron chi connectivity index (χ4n) is 2.56. The summed E-state index contributed by atoms with van der Waals surface area (Å²) in [6.45, 7) is 2.38. The smallest absolute Gasteiger partial charge is 0.0197 e. The summed E-state index contributed by atoms with van der Waals surface area (Å²) < 4.78 is 0. The number of hydrogen-bond acceptors (Lipinski definition) is 0.